The third kappa shape index (κ3) is 5.40. The average Bonchev–Trinajstić information content (AvgIpc) is 2.54. The van der Waals surface area contributed by atoms with Gasteiger partial charge >= 0.3 is 0 Å². The van der Waals surface area contributed by atoms with E-state index in [4.69, 9.17) is 0 Å². The normalized spacial score (nSPS) is 9.27. The van der Waals surface area contributed by atoms with Gasteiger partial charge in [0.25, 0.3) is 11.8 Å². The summed E-state index contributed by atoms with van der Waals surface area (Å²) >= 11 is 0. The van der Waals surface area contributed by atoms with E-state index in [-0.39, 0.29) is 11.8 Å². The Bertz CT molecular complexity index is 634. The van der Waals surface area contributed by atoms with Crippen LogP contribution < -0.4 is 10.6 Å². The van der Waals surface area contributed by atoms with Crippen LogP contribution in [0, 0.1) is 13.8 Å². The van der Waals surface area contributed by atoms with Crippen molar-refractivity contribution in [1.82, 2.24) is 10.6 Å². The third-order valence-corrected chi connectivity index (χ3v) is 3.05. The molecular formula is C18H22N2O2. The zero-order chi connectivity index (χ0) is 16.5. The number of rotatable bonds is 2. The van der Waals surface area contributed by atoms with Gasteiger partial charge in [0.1, 0.15) is 0 Å². The molecule has 0 spiro atoms. The maximum Gasteiger partial charge on any atom is 0.251 e. The molecule has 0 heterocycles. The number of carbonyl (C=O) groups is 2. The Hall–Kier alpha value is -2.62. The Kier molecular flexibility index (Phi) is 6.83. The third-order valence-electron chi connectivity index (χ3n) is 3.05. The highest BCUT2D eigenvalue weighted by Gasteiger charge is 2.00. The topological polar surface area (TPSA) is 58.2 Å². The minimum atomic E-state index is -0.0370. The Morgan fingerprint density at radius 3 is 1.77 bits per heavy atom. The van der Waals surface area contributed by atoms with E-state index in [9.17, 15) is 9.59 Å². The Balaban J connectivity index is 0.000000220. The van der Waals surface area contributed by atoms with E-state index >= 15 is 0 Å². The van der Waals surface area contributed by atoms with Crippen molar-refractivity contribution in [2.24, 2.45) is 0 Å². The maximum absolute atomic E-state index is 11.1. The molecule has 2 rings (SSSR count). The molecule has 22 heavy (non-hydrogen) atoms. The average molecular weight is 298 g/mol. The van der Waals surface area contributed by atoms with E-state index in [0.29, 0.717) is 11.1 Å². The lowest BCUT2D eigenvalue weighted by Crippen LogP contribution is -2.17. The lowest BCUT2D eigenvalue weighted by molar-refractivity contribution is 0.0955. The molecule has 2 N–H and O–H groups in total. The molecule has 0 radical (unpaired) electrons. The summed E-state index contributed by atoms with van der Waals surface area (Å²) in [5.41, 5.74) is 3.69. The summed E-state index contributed by atoms with van der Waals surface area (Å²) in [6, 6.07) is 15.0. The molecule has 0 bridgehead atoms. The number of hydrogen-bond acceptors (Lipinski definition) is 2. The van der Waals surface area contributed by atoms with Crippen LogP contribution in [0.4, 0.5) is 0 Å². The molecule has 0 saturated heterocycles. The summed E-state index contributed by atoms with van der Waals surface area (Å²) in [7, 11) is 3.26. The van der Waals surface area contributed by atoms with Gasteiger partial charge in [-0.05, 0) is 38.1 Å². The number of amides is 2. The lowest BCUT2D eigenvalue weighted by Gasteiger charge is -1.99. The molecule has 0 aliphatic rings. The van der Waals surface area contributed by atoms with Crippen LogP contribution in [0.2, 0.25) is 0 Å². The van der Waals surface area contributed by atoms with Gasteiger partial charge in [-0.15, -0.1) is 0 Å². The Morgan fingerprint density at radius 1 is 0.727 bits per heavy atom. The minimum Gasteiger partial charge on any atom is -0.355 e. The monoisotopic (exact) mass is 298 g/mol. The molecule has 0 aliphatic carbocycles. The Morgan fingerprint density at radius 2 is 1.27 bits per heavy atom. The molecule has 2 aromatic rings. The fourth-order valence-corrected chi connectivity index (χ4v) is 1.78. The molecule has 0 atom stereocenters. The number of benzene rings is 2. The molecule has 4 nitrogen and oxygen atoms in total. The van der Waals surface area contributed by atoms with E-state index < -0.39 is 0 Å². The van der Waals surface area contributed by atoms with Crippen molar-refractivity contribution in [2.75, 3.05) is 14.1 Å². The van der Waals surface area contributed by atoms with Gasteiger partial charge in [0.15, 0.2) is 0 Å². The van der Waals surface area contributed by atoms with Crippen LogP contribution in [0.15, 0.2) is 48.5 Å². The maximum atomic E-state index is 11.1. The second kappa shape index (κ2) is 8.62. The summed E-state index contributed by atoms with van der Waals surface area (Å²) in [5, 5.41) is 5.13. The van der Waals surface area contributed by atoms with Crippen molar-refractivity contribution >= 4 is 11.8 Å². The number of aryl methyl sites for hydroxylation is 2. The quantitative estimate of drug-likeness (QED) is 0.895. The first-order chi connectivity index (χ1) is 10.5. The molecule has 4 heteroatoms. The van der Waals surface area contributed by atoms with Gasteiger partial charge in [0, 0.05) is 25.2 Å². The highest BCUT2D eigenvalue weighted by atomic mass is 16.2. The van der Waals surface area contributed by atoms with Gasteiger partial charge in [-0.1, -0.05) is 35.4 Å². The molecular weight excluding hydrogens is 276 g/mol. The number of nitrogens with one attached hydrogen (secondary N) is 2. The lowest BCUT2D eigenvalue weighted by atomic mass is 10.1. The van der Waals surface area contributed by atoms with Crippen LogP contribution in [-0.2, 0) is 0 Å². The summed E-state index contributed by atoms with van der Waals surface area (Å²) in [6.07, 6.45) is 0. The molecule has 0 aliphatic heterocycles. The van der Waals surface area contributed by atoms with Crippen molar-refractivity contribution in [3.05, 3.63) is 70.8 Å². The minimum absolute atomic E-state index is 0.0336. The van der Waals surface area contributed by atoms with Crippen molar-refractivity contribution in [1.29, 1.82) is 0 Å². The first-order valence-corrected chi connectivity index (χ1v) is 7.05. The van der Waals surface area contributed by atoms with Crippen LogP contribution in [0.3, 0.4) is 0 Å². The van der Waals surface area contributed by atoms with Crippen LogP contribution >= 0.6 is 0 Å². The summed E-state index contributed by atoms with van der Waals surface area (Å²) in [6.45, 7) is 3.96. The summed E-state index contributed by atoms with van der Waals surface area (Å²) in [4.78, 5) is 22.1. The molecule has 0 aromatic heterocycles. The second-order valence-electron chi connectivity index (χ2n) is 4.89. The van der Waals surface area contributed by atoms with Crippen LogP contribution in [0.25, 0.3) is 0 Å². The molecule has 0 saturated carbocycles. The van der Waals surface area contributed by atoms with E-state index in [1.165, 1.54) is 0 Å². The number of carbonyl (C=O) groups excluding carboxylic acids is 2. The van der Waals surface area contributed by atoms with E-state index in [2.05, 4.69) is 10.6 Å². The second-order valence-corrected chi connectivity index (χ2v) is 4.89. The van der Waals surface area contributed by atoms with Gasteiger partial charge in [-0.25, -0.2) is 0 Å². The summed E-state index contributed by atoms with van der Waals surface area (Å²) in [5.74, 6) is -0.0706. The highest BCUT2D eigenvalue weighted by molar-refractivity contribution is 5.94. The first-order valence-electron chi connectivity index (χ1n) is 7.05. The SMILES string of the molecule is CNC(=O)c1ccc(C)cc1.CNC(=O)c1cccc(C)c1. The van der Waals surface area contributed by atoms with E-state index in [1.807, 2.05) is 56.3 Å². The standard InChI is InChI=1S/2C9H11NO/c1-7-3-5-8(6-4-7)9(11)10-2;1-7-4-3-5-8(6-7)9(11)10-2/h2*3-6H,1-2H3,(H,10,11). The van der Waals surface area contributed by atoms with E-state index in [1.54, 1.807) is 20.2 Å². The van der Waals surface area contributed by atoms with Gasteiger partial charge in [0.05, 0.1) is 0 Å². The van der Waals surface area contributed by atoms with Gasteiger partial charge in [-0.3, -0.25) is 9.59 Å². The smallest absolute Gasteiger partial charge is 0.251 e. The molecule has 2 amide bonds. The van der Waals surface area contributed by atoms with Crippen LogP contribution in [0.1, 0.15) is 31.8 Å². The predicted octanol–water partition coefficient (Wildman–Crippen LogP) is 2.71. The van der Waals surface area contributed by atoms with Crippen molar-refractivity contribution in [3.63, 3.8) is 0 Å². The van der Waals surface area contributed by atoms with Crippen LogP contribution in [0.5, 0.6) is 0 Å². The summed E-state index contributed by atoms with van der Waals surface area (Å²) < 4.78 is 0. The molecule has 0 fully saturated rings. The fourth-order valence-electron chi connectivity index (χ4n) is 1.78. The Labute approximate surface area is 131 Å². The van der Waals surface area contributed by atoms with Gasteiger partial charge in [0.2, 0.25) is 0 Å². The van der Waals surface area contributed by atoms with E-state index in [0.717, 1.165) is 11.1 Å². The first kappa shape index (κ1) is 17.4. The molecule has 0 unspecified atom stereocenters. The van der Waals surface area contributed by atoms with Crippen LogP contribution in [-0.4, -0.2) is 25.9 Å². The zero-order valence-corrected chi connectivity index (χ0v) is 13.4. The van der Waals surface area contributed by atoms with Gasteiger partial charge < -0.3 is 10.6 Å². The van der Waals surface area contributed by atoms with Crippen molar-refractivity contribution in [2.45, 2.75) is 13.8 Å². The fraction of sp³-hybridized carbons (Fsp3) is 0.222. The predicted molar refractivity (Wildman–Crippen MR) is 89.1 cm³/mol. The molecule has 116 valence electrons. The number of hydrogen-bond donors (Lipinski definition) is 2. The molecule has 2 aromatic carbocycles. The zero-order valence-electron chi connectivity index (χ0n) is 13.4. The van der Waals surface area contributed by atoms with Gasteiger partial charge in [-0.2, -0.15) is 0 Å². The van der Waals surface area contributed by atoms with Crippen molar-refractivity contribution in [3.8, 4) is 0 Å². The largest absolute Gasteiger partial charge is 0.355 e. The van der Waals surface area contributed by atoms with Crippen molar-refractivity contribution < 1.29 is 9.59 Å². The highest BCUT2D eigenvalue weighted by Crippen LogP contribution is 2.03.